The van der Waals surface area contributed by atoms with Crippen LogP contribution in [0.1, 0.15) is 11.1 Å². The third kappa shape index (κ3) is 6.41. The summed E-state index contributed by atoms with van der Waals surface area (Å²) in [4.78, 5) is 0. The summed E-state index contributed by atoms with van der Waals surface area (Å²) in [5, 5.41) is 3.37. The first-order valence-electron chi connectivity index (χ1n) is 6.16. The molecule has 0 aliphatic carbocycles. The molecule has 0 saturated carbocycles. The van der Waals surface area contributed by atoms with Crippen molar-refractivity contribution in [1.82, 2.24) is 5.32 Å². The lowest BCUT2D eigenvalue weighted by molar-refractivity contribution is 0.0721. The summed E-state index contributed by atoms with van der Waals surface area (Å²) < 4.78 is 10.3. The number of benzene rings is 1. The van der Waals surface area contributed by atoms with Crippen LogP contribution in [0.15, 0.2) is 24.3 Å². The Hall–Kier alpha value is -0.900. The van der Waals surface area contributed by atoms with Crippen LogP contribution in [0, 0.1) is 6.92 Å². The molecule has 0 fully saturated rings. The minimum atomic E-state index is 0.670. The largest absolute Gasteiger partial charge is 0.382 e. The van der Waals surface area contributed by atoms with E-state index in [4.69, 9.17) is 9.47 Å². The molecule has 0 saturated heterocycles. The van der Waals surface area contributed by atoms with E-state index in [9.17, 15) is 0 Å². The van der Waals surface area contributed by atoms with Gasteiger partial charge in [-0.2, -0.15) is 0 Å². The Kier molecular flexibility index (Phi) is 7.63. The summed E-state index contributed by atoms with van der Waals surface area (Å²) in [6.45, 7) is 6.15. The smallest absolute Gasteiger partial charge is 0.0700 e. The maximum atomic E-state index is 5.36. The molecule has 3 nitrogen and oxygen atoms in total. The standard InChI is InChI=1S/C14H23NO2/c1-13-5-3-4-6-14(13)7-8-15-9-10-17-12-11-16-2/h3-6,15H,7-12H2,1-2H3. The van der Waals surface area contributed by atoms with Gasteiger partial charge in [0.15, 0.2) is 0 Å². The third-order valence-corrected chi connectivity index (χ3v) is 2.69. The third-order valence-electron chi connectivity index (χ3n) is 2.69. The number of nitrogens with one attached hydrogen (secondary N) is 1. The SMILES string of the molecule is COCCOCCNCCc1ccccc1C. The maximum Gasteiger partial charge on any atom is 0.0700 e. The van der Waals surface area contributed by atoms with Crippen molar-refractivity contribution >= 4 is 0 Å². The van der Waals surface area contributed by atoms with Gasteiger partial charge >= 0.3 is 0 Å². The fourth-order valence-electron chi connectivity index (χ4n) is 1.63. The molecular weight excluding hydrogens is 214 g/mol. The van der Waals surface area contributed by atoms with Crippen LogP contribution in [-0.2, 0) is 15.9 Å². The van der Waals surface area contributed by atoms with Crippen LogP contribution in [0.5, 0.6) is 0 Å². The summed E-state index contributed by atoms with van der Waals surface area (Å²) >= 11 is 0. The number of hydrogen-bond donors (Lipinski definition) is 1. The normalized spacial score (nSPS) is 10.7. The molecule has 1 rings (SSSR count). The van der Waals surface area contributed by atoms with Gasteiger partial charge in [0, 0.05) is 13.7 Å². The van der Waals surface area contributed by atoms with E-state index >= 15 is 0 Å². The molecule has 0 radical (unpaired) electrons. The van der Waals surface area contributed by atoms with E-state index < -0.39 is 0 Å². The fourth-order valence-corrected chi connectivity index (χ4v) is 1.63. The van der Waals surface area contributed by atoms with E-state index in [0.29, 0.717) is 13.2 Å². The molecule has 1 aromatic rings. The van der Waals surface area contributed by atoms with Crippen molar-refractivity contribution < 1.29 is 9.47 Å². The van der Waals surface area contributed by atoms with E-state index in [0.717, 1.165) is 26.1 Å². The topological polar surface area (TPSA) is 30.5 Å². The second kappa shape index (κ2) is 9.16. The maximum absolute atomic E-state index is 5.36. The molecule has 0 aliphatic heterocycles. The quantitative estimate of drug-likeness (QED) is 0.664. The first-order chi connectivity index (χ1) is 8.34. The van der Waals surface area contributed by atoms with E-state index in [2.05, 4.69) is 36.5 Å². The van der Waals surface area contributed by atoms with Crippen LogP contribution in [0.2, 0.25) is 0 Å². The molecule has 1 N–H and O–H groups in total. The summed E-state index contributed by atoms with van der Waals surface area (Å²) in [5.41, 5.74) is 2.78. The molecule has 0 bridgehead atoms. The Labute approximate surface area is 104 Å². The zero-order valence-electron chi connectivity index (χ0n) is 10.9. The second-order valence-electron chi connectivity index (χ2n) is 4.03. The number of hydrogen-bond acceptors (Lipinski definition) is 3. The number of methoxy groups -OCH3 is 1. The van der Waals surface area contributed by atoms with Crippen LogP contribution in [0.25, 0.3) is 0 Å². The van der Waals surface area contributed by atoms with Crippen LogP contribution < -0.4 is 5.32 Å². The minimum absolute atomic E-state index is 0.670. The molecule has 0 aromatic heterocycles. The highest BCUT2D eigenvalue weighted by molar-refractivity contribution is 5.25. The van der Waals surface area contributed by atoms with Crippen LogP contribution in [0.3, 0.4) is 0 Å². The Bertz CT molecular complexity index is 302. The van der Waals surface area contributed by atoms with E-state index in [-0.39, 0.29) is 0 Å². The molecule has 96 valence electrons. The van der Waals surface area contributed by atoms with Gasteiger partial charge < -0.3 is 14.8 Å². The van der Waals surface area contributed by atoms with Gasteiger partial charge in [-0.3, -0.25) is 0 Å². The predicted octanol–water partition coefficient (Wildman–Crippen LogP) is 1.79. The van der Waals surface area contributed by atoms with Crippen molar-refractivity contribution in [2.24, 2.45) is 0 Å². The average Bonchev–Trinajstić information content (AvgIpc) is 2.35. The van der Waals surface area contributed by atoms with E-state index in [1.54, 1.807) is 7.11 Å². The van der Waals surface area contributed by atoms with Gasteiger partial charge in [0.2, 0.25) is 0 Å². The molecule has 0 unspecified atom stereocenters. The van der Waals surface area contributed by atoms with Crippen LogP contribution in [0.4, 0.5) is 0 Å². The highest BCUT2D eigenvalue weighted by atomic mass is 16.5. The lowest BCUT2D eigenvalue weighted by Crippen LogP contribution is -2.23. The van der Waals surface area contributed by atoms with Crippen molar-refractivity contribution in [3.63, 3.8) is 0 Å². The second-order valence-corrected chi connectivity index (χ2v) is 4.03. The highest BCUT2D eigenvalue weighted by Crippen LogP contribution is 2.06. The zero-order valence-corrected chi connectivity index (χ0v) is 10.9. The van der Waals surface area contributed by atoms with Crippen molar-refractivity contribution in [1.29, 1.82) is 0 Å². The van der Waals surface area contributed by atoms with Gasteiger partial charge in [0.25, 0.3) is 0 Å². The van der Waals surface area contributed by atoms with Crippen molar-refractivity contribution in [2.45, 2.75) is 13.3 Å². The Morgan fingerprint density at radius 1 is 1.06 bits per heavy atom. The molecule has 1 aromatic carbocycles. The molecule has 0 heterocycles. The first-order valence-corrected chi connectivity index (χ1v) is 6.16. The molecule has 3 heteroatoms. The lowest BCUT2D eigenvalue weighted by Gasteiger charge is -2.07. The number of aryl methyl sites for hydroxylation is 1. The Morgan fingerprint density at radius 2 is 1.88 bits per heavy atom. The average molecular weight is 237 g/mol. The van der Waals surface area contributed by atoms with Gasteiger partial charge in [0.05, 0.1) is 19.8 Å². The lowest BCUT2D eigenvalue weighted by atomic mass is 10.1. The molecule has 0 spiro atoms. The van der Waals surface area contributed by atoms with Gasteiger partial charge in [0.1, 0.15) is 0 Å². The van der Waals surface area contributed by atoms with Crippen LogP contribution in [-0.4, -0.2) is 40.0 Å². The number of rotatable bonds is 9. The summed E-state index contributed by atoms with van der Waals surface area (Å²) in [6.07, 6.45) is 1.07. The van der Waals surface area contributed by atoms with Crippen molar-refractivity contribution in [3.8, 4) is 0 Å². The van der Waals surface area contributed by atoms with Gasteiger partial charge in [-0.15, -0.1) is 0 Å². The fraction of sp³-hybridized carbons (Fsp3) is 0.571. The van der Waals surface area contributed by atoms with Crippen LogP contribution >= 0.6 is 0 Å². The Balaban J connectivity index is 1.99. The van der Waals surface area contributed by atoms with Crippen molar-refractivity contribution in [2.75, 3.05) is 40.0 Å². The van der Waals surface area contributed by atoms with Gasteiger partial charge in [-0.05, 0) is 31.0 Å². The Morgan fingerprint density at radius 3 is 2.65 bits per heavy atom. The molecular formula is C14H23NO2. The minimum Gasteiger partial charge on any atom is -0.382 e. The molecule has 0 aliphatic rings. The molecule has 0 amide bonds. The summed E-state index contributed by atoms with van der Waals surface area (Å²) in [6, 6.07) is 8.52. The van der Waals surface area contributed by atoms with Crippen molar-refractivity contribution in [3.05, 3.63) is 35.4 Å². The summed E-state index contributed by atoms with van der Waals surface area (Å²) in [7, 11) is 1.68. The number of ether oxygens (including phenoxy) is 2. The zero-order chi connectivity index (χ0) is 12.3. The van der Waals surface area contributed by atoms with E-state index in [1.165, 1.54) is 11.1 Å². The predicted molar refractivity (Wildman–Crippen MR) is 70.4 cm³/mol. The highest BCUT2D eigenvalue weighted by Gasteiger charge is 1.96. The molecule has 17 heavy (non-hydrogen) atoms. The molecule has 0 atom stereocenters. The van der Waals surface area contributed by atoms with Gasteiger partial charge in [-0.1, -0.05) is 24.3 Å². The first kappa shape index (κ1) is 14.2. The van der Waals surface area contributed by atoms with Gasteiger partial charge in [-0.25, -0.2) is 0 Å². The summed E-state index contributed by atoms with van der Waals surface area (Å²) in [5.74, 6) is 0. The monoisotopic (exact) mass is 237 g/mol. The van der Waals surface area contributed by atoms with E-state index in [1.807, 2.05) is 0 Å².